The summed E-state index contributed by atoms with van der Waals surface area (Å²) in [6.07, 6.45) is 1.61. The molecule has 2 fully saturated rings. The Bertz CT molecular complexity index is 888. The highest BCUT2D eigenvalue weighted by Gasteiger charge is 2.49. The highest BCUT2D eigenvalue weighted by Crippen LogP contribution is 2.41. The number of aryl methyl sites for hydroxylation is 1. The summed E-state index contributed by atoms with van der Waals surface area (Å²) in [4.78, 5) is 0. The number of hydrogen-bond donors (Lipinski definition) is 1. The van der Waals surface area contributed by atoms with E-state index >= 15 is 0 Å². The molecule has 2 N–H and O–H groups in total. The minimum atomic E-state index is -3.65. The Balaban J connectivity index is 1.64. The van der Waals surface area contributed by atoms with Crippen molar-refractivity contribution in [1.29, 1.82) is 0 Å². The number of rotatable bonds is 3. The van der Waals surface area contributed by atoms with Crippen LogP contribution in [0, 0.1) is 5.41 Å². The zero-order valence-corrected chi connectivity index (χ0v) is 15.7. The number of benzene rings is 1. The predicted octanol–water partition coefficient (Wildman–Crippen LogP) is 1.22. The molecule has 3 heterocycles. The summed E-state index contributed by atoms with van der Waals surface area (Å²) in [6.45, 7) is 2.08. The second-order valence-corrected chi connectivity index (χ2v) is 9.12. The minimum Gasteiger partial charge on any atom is -0.381 e. The van der Waals surface area contributed by atoms with Crippen molar-refractivity contribution in [1.82, 2.24) is 14.1 Å². The molecule has 26 heavy (non-hydrogen) atoms. The molecular formula is C18H24N4O3S. The lowest BCUT2D eigenvalue weighted by molar-refractivity contribution is 0.0156. The maximum absolute atomic E-state index is 13.2. The Kier molecular flexibility index (Phi) is 4.38. The molecule has 0 aliphatic carbocycles. The monoisotopic (exact) mass is 376 g/mol. The molecule has 1 aromatic carbocycles. The summed E-state index contributed by atoms with van der Waals surface area (Å²) in [5.41, 5.74) is 7.73. The molecule has 2 aromatic rings. The second-order valence-electron chi connectivity index (χ2n) is 7.24. The van der Waals surface area contributed by atoms with Crippen LogP contribution in [0.1, 0.15) is 12.8 Å². The van der Waals surface area contributed by atoms with Gasteiger partial charge in [-0.15, -0.1) is 0 Å². The van der Waals surface area contributed by atoms with Crippen LogP contribution in [-0.4, -0.2) is 54.8 Å². The van der Waals surface area contributed by atoms with Gasteiger partial charge < -0.3 is 10.5 Å². The van der Waals surface area contributed by atoms with Crippen LogP contribution in [0.5, 0.6) is 0 Å². The Morgan fingerprint density at radius 3 is 2.62 bits per heavy atom. The summed E-state index contributed by atoms with van der Waals surface area (Å²) in [7, 11) is -1.99. The van der Waals surface area contributed by atoms with Crippen LogP contribution in [0.2, 0.25) is 0 Å². The normalized spacial score (nSPS) is 23.5. The highest BCUT2D eigenvalue weighted by molar-refractivity contribution is 7.89. The molecule has 1 unspecified atom stereocenters. The predicted molar refractivity (Wildman–Crippen MR) is 97.9 cm³/mol. The molecule has 0 saturated carbocycles. The van der Waals surface area contributed by atoms with E-state index in [-0.39, 0.29) is 16.5 Å². The molecule has 4 rings (SSSR count). The Morgan fingerprint density at radius 2 is 1.92 bits per heavy atom. The molecule has 1 aromatic heterocycles. The number of sulfonamides is 1. The van der Waals surface area contributed by atoms with Gasteiger partial charge in [0.05, 0.1) is 5.69 Å². The summed E-state index contributed by atoms with van der Waals surface area (Å²) in [6, 6.07) is 11.1. The molecule has 0 radical (unpaired) electrons. The first-order chi connectivity index (χ1) is 12.4. The van der Waals surface area contributed by atoms with E-state index in [1.165, 1.54) is 8.99 Å². The van der Waals surface area contributed by atoms with Crippen LogP contribution >= 0.6 is 0 Å². The maximum atomic E-state index is 13.2. The zero-order chi connectivity index (χ0) is 18.4. The van der Waals surface area contributed by atoms with Gasteiger partial charge in [0, 0.05) is 56.4 Å². The van der Waals surface area contributed by atoms with Crippen molar-refractivity contribution in [3.8, 4) is 11.3 Å². The van der Waals surface area contributed by atoms with Gasteiger partial charge >= 0.3 is 0 Å². The maximum Gasteiger partial charge on any atom is 0.260 e. The molecule has 8 heteroatoms. The lowest BCUT2D eigenvalue weighted by Crippen LogP contribution is -2.44. The third-order valence-electron chi connectivity index (χ3n) is 5.68. The number of nitrogens with zero attached hydrogens (tertiary/aromatic N) is 3. The van der Waals surface area contributed by atoms with Gasteiger partial charge in [-0.2, -0.15) is 9.40 Å². The van der Waals surface area contributed by atoms with Crippen molar-refractivity contribution in [3.05, 3.63) is 36.4 Å². The van der Waals surface area contributed by atoms with E-state index in [4.69, 9.17) is 10.5 Å². The number of hydrogen-bond acceptors (Lipinski definition) is 5. The highest BCUT2D eigenvalue weighted by atomic mass is 32.2. The van der Waals surface area contributed by atoms with Crippen molar-refractivity contribution in [2.75, 3.05) is 26.3 Å². The SMILES string of the molecule is Cn1nc(-c2ccccc2)cc1S(=O)(=O)N1CC(N)C2(CCOCC2)C1. The third kappa shape index (κ3) is 2.87. The molecule has 0 amide bonds. The minimum absolute atomic E-state index is 0.164. The third-order valence-corrected chi connectivity index (χ3v) is 7.55. The fourth-order valence-electron chi connectivity index (χ4n) is 4.01. The lowest BCUT2D eigenvalue weighted by atomic mass is 9.76. The number of aromatic nitrogens is 2. The van der Waals surface area contributed by atoms with Crippen LogP contribution in [0.15, 0.2) is 41.4 Å². The summed E-state index contributed by atoms with van der Waals surface area (Å²) in [5.74, 6) is 0. The van der Waals surface area contributed by atoms with E-state index in [0.717, 1.165) is 18.4 Å². The number of nitrogens with two attached hydrogens (primary N) is 1. The fraction of sp³-hybridized carbons (Fsp3) is 0.500. The van der Waals surface area contributed by atoms with Crippen molar-refractivity contribution in [3.63, 3.8) is 0 Å². The van der Waals surface area contributed by atoms with Crippen LogP contribution in [0.3, 0.4) is 0 Å². The zero-order valence-electron chi connectivity index (χ0n) is 14.8. The Labute approximate surface area is 153 Å². The Morgan fingerprint density at radius 1 is 1.23 bits per heavy atom. The van der Waals surface area contributed by atoms with E-state index in [1.807, 2.05) is 30.3 Å². The van der Waals surface area contributed by atoms with Crippen molar-refractivity contribution in [2.24, 2.45) is 18.2 Å². The topological polar surface area (TPSA) is 90.5 Å². The smallest absolute Gasteiger partial charge is 0.260 e. The second kappa shape index (κ2) is 6.45. The van der Waals surface area contributed by atoms with E-state index in [9.17, 15) is 8.42 Å². The van der Waals surface area contributed by atoms with Crippen molar-refractivity contribution >= 4 is 10.0 Å². The first-order valence-corrected chi connectivity index (χ1v) is 10.3. The van der Waals surface area contributed by atoms with Gasteiger partial charge in [-0.1, -0.05) is 30.3 Å². The van der Waals surface area contributed by atoms with Gasteiger partial charge in [-0.05, 0) is 12.8 Å². The molecular weight excluding hydrogens is 352 g/mol. The van der Waals surface area contributed by atoms with Crippen LogP contribution in [0.4, 0.5) is 0 Å². The first kappa shape index (κ1) is 17.7. The van der Waals surface area contributed by atoms with Crippen LogP contribution in [0.25, 0.3) is 11.3 Å². The van der Waals surface area contributed by atoms with E-state index in [1.54, 1.807) is 13.1 Å². The quantitative estimate of drug-likeness (QED) is 0.870. The average molecular weight is 376 g/mol. The molecule has 2 saturated heterocycles. The van der Waals surface area contributed by atoms with Crippen molar-refractivity contribution in [2.45, 2.75) is 23.9 Å². The standard InChI is InChI=1S/C18H24N4O3S/c1-21-17(11-15(20-21)14-5-3-2-4-6-14)26(23,24)22-12-16(19)18(13-22)7-9-25-10-8-18/h2-6,11,16H,7-10,12-13,19H2,1H3. The van der Waals surface area contributed by atoms with Gasteiger partial charge in [0.15, 0.2) is 5.03 Å². The molecule has 1 spiro atoms. The van der Waals surface area contributed by atoms with Crippen molar-refractivity contribution < 1.29 is 13.2 Å². The lowest BCUT2D eigenvalue weighted by Gasteiger charge is -2.36. The summed E-state index contributed by atoms with van der Waals surface area (Å²) in [5, 5.41) is 4.60. The van der Waals surface area contributed by atoms with E-state index in [0.29, 0.717) is 32.0 Å². The molecule has 0 bridgehead atoms. The summed E-state index contributed by atoms with van der Waals surface area (Å²) < 4.78 is 34.9. The van der Waals surface area contributed by atoms with E-state index in [2.05, 4.69) is 5.10 Å². The largest absolute Gasteiger partial charge is 0.381 e. The molecule has 2 aliphatic heterocycles. The molecule has 7 nitrogen and oxygen atoms in total. The van der Waals surface area contributed by atoms with Gasteiger partial charge in [0.2, 0.25) is 0 Å². The average Bonchev–Trinajstić information content (AvgIpc) is 3.19. The summed E-state index contributed by atoms with van der Waals surface area (Å²) >= 11 is 0. The van der Waals surface area contributed by atoms with Gasteiger partial charge in [-0.3, -0.25) is 4.68 Å². The molecule has 1 atom stereocenters. The number of ether oxygens (including phenoxy) is 1. The van der Waals surface area contributed by atoms with Crippen LogP contribution in [-0.2, 0) is 21.8 Å². The van der Waals surface area contributed by atoms with Gasteiger partial charge in [0.1, 0.15) is 0 Å². The van der Waals surface area contributed by atoms with Gasteiger partial charge in [-0.25, -0.2) is 8.42 Å². The Hall–Kier alpha value is -1.74. The molecule has 140 valence electrons. The molecule has 2 aliphatic rings. The van der Waals surface area contributed by atoms with Crippen LogP contribution < -0.4 is 5.73 Å². The fourth-order valence-corrected chi connectivity index (χ4v) is 5.69. The van der Waals surface area contributed by atoms with E-state index < -0.39 is 10.0 Å². The van der Waals surface area contributed by atoms with Gasteiger partial charge in [0.25, 0.3) is 10.0 Å². The first-order valence-electron chi connectivity index (χ1n) is 8.85.